The van der Waals surface area contributed by atoms with Crippen LogP contribution in [0.3, 0.4) is 0 Å². The summed E-state index contributed by atoms with van der Waals surface area (Å²) in [5.41, 5.74) is 6.38. The van der Waals surface area contributed by atoms with Gasteiger partial charge in [-0.2, -0.15) is 0 Å². The molecule has 148 valence electrons. The fraction of sp³-hybridized carbons (Fsp3) is 0.231. The maximum absolute atomic E-state index is 8.33. The normalized spacial score (nSPS) is 17.7. The molecule has 0 spiro atoms. The van der Waals surface area contributed by atoms with Crippen LogP contribution in [0.1, 0.15) is 43.7 Å². The number of hydrogen-bond acceptors (Lipinski definition) is 2. The van der Waals surface area contributed by atoms with Crippen LogP contribution in [0.25, 0.3) is 5.57 Å². The Labute approximate surface area is 174 Å². The van der Waals surface area contributed by atoms with Gasteiger partial charge in [0.05, 0.1) is 0 Å². The van der Waals surface area contributed by atoms with Gasteiger partial charge in [-0.1, -0.05) is 74.7 Å². The van der Waals surface area contributed by atoms with Crippen LogP contribution in [0.2, 0.25) is 0 Å². The molecule has 1 N–H and O–H groups in total. The van der Waals surface area contributed by atoms with E-state index < -0.39 is 0 Å². The summed E-state index contributed by atoms with van der Waals surface area (Å²) in [6.07, 6.45) is 3.22. The summed E-state index contributed by atoms with van der Waals surface area (Å²) in [6, 6.07) is 18.5. The SMILES string of the molecule is C=C(C)c1cccc(N2C(=C)CC(CC(=N)N=CC(C)c3ccccc3)C2=C)c1. The molecule has 0 bridgehead atoms. The predicted molar refractivity (Wildman–Crippen MR) is 126 cm³/mol. The Hall–Kier alpha value is -3.20. The number of hydrogen-bond donors (Lipinski definition) is 1. The highest BCUT2D eigenvalue weighted by Crippen LogP contribution is 2.40. The van der Waals surface area contributed by atoms with Crippen LogP contribution in [-0.4, -0.2) is 12.1 Å². The first kappa shape index (κ1) is 20.5. The van der Waals surface area contributed by atoms with Gasteiger partial charge in [-0.15, -0.1) is 0 Å². The average molecular weight is 384 g/mol. The van der Waals surface area contributed by atoms with E-state index in [0.29, 0.717) is 12.3 Å². The summed E-state index contributed by atoms with van der Waals surface area (Å²) in [4.78, 5) is 6.53. The molecule has 0 aromatic heterocycles. The quantitative estimate of drug-likeness (QED) is 0.432. The molecule has 3 heteroatoms. The van der Waals surface area contributed by atoms with E-state index in [0.717, 1.165) is 34.6 Å². The van der Waals surface area contributed by atoms with Gasteiger partial charge >= 0.3 is 0 Å². The molecule has 0 saturated carbocycles. The molecule has 3 nitrogen and oxygen atoms in total. The van der Waals surface area contributed by atoms with Gasteiger partial charge in [0.15, 0.2) is 0 Å². The Morgan fingerprint density at radius 3 is 2.62 bits per heavy atom. The molecular formula is C26H29N3. The van der Waals surface area contributed by atoms with Crippen molar-refractivity contribution in [1.29, 1.82) is 5.41 Å². The van der Waals surface area contributed by atoms with Gasteiger partial charge < -0.3 is 4.90 Å². The van der Waals surface area contributed by atoms with Gasteiger partial charge in [-0.25, -0.2) is 4.99 Å². The summed E-state index contributed by atoms with van der Waals surface area (Å²) < 4.78 is 0. The number of benzene rings is 2. The molecule has 1 saturated heterocycles. The van der Waals surface area contributed by atoms with Gasteiger partial charge in [-0.05, 0) is 36.6 Å². The van der Waals surface area contributed by atoms with Gasteiger partial charge in [0, 0.05) is 41.6 Å². The van der Waals surface area contributed by atoms with Crippen LogP contribution in [0.15, 0.2) is 90.7 Å². The molecule has 1 aliphatic heterocycles. The number of rotatable bonds is 6. The molecule has 2 aromatic rings. The number of nitrogens with zero attached hydrogens (tertiary/aromatic N) is 2. The second-order valence-electron chi connectivity index (χ2n) is 7.75. The second-order valence-corrected chi connectivity index (χ2v) is 7.75. The Morgan fingerprint density at radius 2 is 1.93 bits per heavy atom. The van der Waals surface area contributed by atoms with E-state index in [2.05, 4.69) is 66.9 Å². The Morgan fingerprint density at radius 1 is 1.21 bits per heavy atom. The Balaban J connectivity index is 1.67. The maximum Gasteiger partial charge on any atom is 0.120 e. The van der Waals surface area contributed by atoms with E-state index in [9.17, 15) is 0 Å². The highest BCUT2D eigenvalue weighted by atomic mass is 15.2. The van der Waals surface area contributed by atoms with E-state index in [1.54, 1.807) is 0 Å². The van der Waals surface area contributed by atoms with Crippen LogP contribution in [-0.2, 0) is 0 Å². The molecule has 2 atom stereocenters. The topological polar surface area (TPSA) is 39.5 Å². The van der Waals surface area contributed by atoms with E-state index in [1.165, 1.54) is 5.56 Å². The zero-order valence-corrected chi connectivity index (χ0v) is 17.4. The van der Waals surface area contributed by atoms with Crippen LogP contribution < -0.4 is 4.90 Å². The monoisotopic (exact) mass is 383 g/mol. The summed E-state index contributed by atoms with van der Waals surface area (Å²) >= 11 is 0. The molecule has 3 rings (SSSR count). The number of allylic oxidation sites excluding steroid dienone is 3. The van der Waals surface area contributed by atoms with Crippen molar-refractivity contribution in [2.75, 3.05) is 4.90 Å². The van der Waals surface area contributed by atoms with Crippen molar-refractivity contribution in [3.63, 3.8) is 0 Å². The second kappa shape index (κ2) is 8.87. The van der Waals surface area contributed by atoms with Crippen molar-refractivity contribution in [2.24, 2.45) is 10.9 Å². The smallest absolute Gasteiger partial charge is 0.120 e. The first-order chi connectivity index (χ1) is 13.9. The third kappa shape index (κ3) is 4.80. The zero-order chi connectivity index (χ0) is 21.0. The van der Waals surface area contributed by atoms with E-state index in [4.69, 9.17) is 5.41 Å². The first-order valence-corrected chi connectivity index (χ1v) is 9.96. The molecule has 0 radical (unpaired) electrons. The first-order valence-electron chi connectivity index (χ1n) is 9.96. The molecule has 1 heterocycles. The molecule has 2 aromatic carbocycles. The Bertz CT molecular complexity index is 968. The standard InChI is InChI=1S/C26H29N3/c1-18(2)23-12-9-13-25(15-23)29-20(4)14-24(21(29)5)16-26(27)28-17-19(3)22-10-7-6-8-11-22/h6-13,15,17,19,24,27H,1,4-5,14,16H2,2-3H3. The number of nitrogens with one attached hydrogen (secondary N) is 1. The van der Waals surface area contributed by atoms with Crippen LogP contribution in [0.5, 0.6) is 0 Å². The highest BCUT2D eigenvalue weighted by Gasteiger charge is 2.31. The molecule has 0 aliphatic carbocycles. The third-order valence-electron chi connectivity index (χ3n) is 5.37. The summed E-state index contributed by atoms with van der Waals surface area (Å²) in [5, 5.41) is 8.33. The fourth-order valence-corrected chi connectivity index (χ4v) is 3.66. The third-order valence-corrected chi connectivity index (χ3v) is 5.37. The molecule has 1 aliphatic rings. The van der Waals surface area contributed by atoms with Gasteiger partial charge in [0.1, 0.15) is 5.84 Å². The lowest BCUT2D eigenvalue weighted by Gasteiger charge is -2.23. The zero-order valence-electron chi connectivity index (χ0n) is 17.4. The number of aliphatic imine (C=N–C) groups is 1. The summed E-state index contributed by atoms with van der Waals surface area (Å²) in [7, 11) is 0. The van der Waals surface area contributed by atoms with E-state index in [1.807, 2.05) is 37.4 Å². The summed E-state index contributed by atoms with van der Waals surface area (Å²) in [5.74, 6) is 0.705. The lowest BCUT2D eigenvalue weighted by molar-refractivity contribution is 0.686. The van der Waals surface area contributed by atoms with Crippen LogP contribution in [0.4, 0.5) is 5.69 Å². The largest absolute Gasteiger partial charge is 0.319 e. The van der Waals surface area contributed by atoms with Crippen molar-refractivity contribution in [2.45, 2.75) is 32.6 Å². The molecular weight excluding hydrogens is 354 g/mol. The van der Waals surface area contributed by atoms with Gasteiger partial charge in [-0.3, -0.25) is 5.41 Å². The van der Waals surface area contributed by atoms with E-state index >= 15 is 0 Å². The Kier molecular flexibility index (Phi) is 6.28. The highest BCUT2D eigenvalue weighted by molar-refractivity contribution is 5.89. The van der Waals surface area contributed by atoms with Gasteiger partial charge in [0.2, 0.25) is 0 Å². The minimum Gasteiger partial charge on any atom is -0.319 e. The van der Waals surface area contributed by atoms with Gasteiger partial charge in [0.25, 0.3) is 0 Å². The van der Waals surface area contributed by atoms with Crippen LogP contribution >= 0.6 is 0 Å². The molecule has 2 unspecified atom stereocenters. The lowest BCUT2D eigenvalue weighted by Crippen LogP contribution is -2.16. The van der Waals surface area contributed by atoms with E-state index in [-0.39, 0.29) is 11.8 Å². The van der Waals surface area contributed by atoms with Crippen molar-refractivity contribution in [1.82, 2.24) is 0 Å². The van der Waals surface area contributed by atoms with Crippen LogP contribution in [0, 0.1) is 11.3 Å². The lowest BCUT2D eigenvalue weighted by atomic mass is 10.00. The summed E-state index contributed by atoms with van der Waals surface area (Å²) in [6.45, 7) is 16.7. The minimum absolute atomic E-state index is 0.146. The fourth-order valence-electron chi connectivity index (χ4n) is 3.66. The molecule has 0 amide bonds. The van der Waals surface area contributed by atoms with Crippen molar-refractivity contribution >= 4 is 23.3 Å². The molecule has 29 heavy (non-hydrogen) atoms. The van der Waals surface area contributed by atoms with Crippen molar-refractivity contribution in [3.05, 3.63) is 96.9 Å². The molecule has 1 fully saturated rings. The maximum atomic E-state index is 8.33. The average Bonchev–Trinajstić information content (AvgIpc) is 2.99. The predicted octanol–water partition coefficient (Wildman–Crippen LogP) is 6.82. The number of amidine groups is 1. The van der Waals surface area contributed by atoms with Crippen molar-refractivity contribution < 1.29 is 0 Å². The van der Waals surface area contributed by atoms with Crippen molar-refractivity contribution in [3.8, 4) is 0 Å². The number of anilines is 1. The minimum atomic E-state index is 0.146.